The van der Waals surface area contributed by atoms with Gasteiger partial charge in [-0.3, -0.25) is 0 Å². The zero-order chi connectivity index (χ0) is 14.2. The van der Waals surface area contributed by atoms with Crippen molar-refractivity contribution < 1.29 is 0 Å². The van der Waals surface area contributed by atoms with Crippen molar-refractivity contribution in [3.63, 3.8) is 0 Å². The molecule has 19 heavy (non-hydrogen) atoms. The first-order valence-electron chi connectivity index (χ1n) is 7.63. The molecule has 1 heteroatoms. The van der Waals surface area contributed by atoms with Gasteiger partial charge in [-0.15, -0.1) is 0 Å². The molecule has 1 heterocycles. The van der Waals surface area contributed by atoms with Crippen LogP contribution in [0.4, 0.5) is 5.69 Å². The van der Waals surface area contributed by atoms with Gasteiger partial charge in [0.2, 0.25) is 0 Å². The lowest BCUT2D eigenvalue weighted by molar-refractivity contribution is 0.357. The predicted octanol–water partition coefficient (Wildman–Crippen LogP) is 4.77. The normalized spacial score (nSPS) is 24.6. The molecular weight excluding hydrogens is 230 g/mol. The monoisotopic (exact) mass is 259 g/mol. The molecule has 0 amide bonds. The molecule has 0 bridgehead atoms. The maximum atomic E-state index is 2.57. The summed E-state index contributed by atoms with van der Waals surface area (Å²) in [5, 5.41) is 0. The molecule has 1 nitrogen and oxygen atoms in total. The highest BCUT2D eigenvalue weighted by molar-refractivity contribution is 5.52. The molecule has 1 aromatic rings. The summed E-state index contributed by atoms with van der Waals surface area (Å²) in [6.45, 7) is 16.3. The van der Waals surface area contributed by atoms with Gasteiger partial charge in [0.1, 0.15) is 0 Å². The Kier molecular flexibility index (Phi) is 3.94. The summed E-state index contributed by atoms with van der Waals surface area (Å²) in [5.74, 6) is 1.62. The van der Waals surface area contributed by atoms with E-state index < -0.39 is 0 Å². The van der Waals surface area contributed by atoms with E-state index in [1.165, 1.54) is 36.3 Å². The molecule has 106 valence electrons. The number of hydrogen-bond donors (Lipinski definition) is 0. The second kappa shape index (κ2) is 5.19. The van der Waals surface area contributed by atoms with Gasteiger partial charge < -0.3 is 4.90 Å². The Bertz CT molecular complexity index is 431. The lowest BCUT2D eigenvalue weighted by atomic mass is 9.83. The summed E-state index contributed by atoms with van der Waals surface area (Å²) < 4.78 is 0. The van der Waals surface area contributed by atoms with E-state index in [1.54, 1.807) is 0 Å². The first-order chi connectivity index (χ1) is 8.77. The number of benzene rings is 1. The van der Waals surface area contributed by atoms with Crippen molar-refractivity contribution in [3.8, 4) is 0 Å². The molecule has 0 saturated carbocycles. The fourth-order valence-corrected chi connectivity index (χ4v) is 3.56. The van der Waals surface area contributed by atoms with Crippen LogP contribution in [-0.4, -0.2) is 13.1 Å². The van der Waals surface area contributed by atoms with Gasteiger partial charge in [0.15, 0.2) is 0 Å². The highest BCUT2D eigenvalue weighted by atomic mass is 15.1. The molecule has 0 radical (unpaired) electrons. The van der Waals surface area contributed by atoms with Gasteiger partial charge in [0.25, 0.3) is 0 Å². The SMILES string of the molecule is Cc1cc(N2C[C@H](C)C[C@H](C)C2)ccc1C(C)(C)C. The minimum atomic E-state index is 0.241. The molecule has 2 rings (SSSR count). The summed E-state index contributed by atoms with van der Waals surface area (Å²) in [6.07, 6.45) is 1.37. The summed E-state index contributed by atoms with van der Waals surface area (Å²) in [5.41, 5.74) is 4.54. The quantitative estimate of drug-likeness (QED) is 0.702. The van der Waals surface area contributed by atoms with Gasteiger partial charge >= 0.3 is 0 Å². The minimum Gasteiger partial charge on any atom is -0.371 e. The van der Waals surface area contributed by atoms with Crippen LogP contribution in [0.25, 0.3) is 0 Å². The molecule has 1 fully saturated rings. The molecule has 1 aromatic carbocycles. The number of nitrogens with zero attached hydrogens (tertiary/aromatic N) is 1. The summed E-state index contributed by atoms with van der Waals surface area (Å²) >= 11 is 0. The van der Waals surface area contributed by atoms with E-state index in [-0.39, 0.29) is 5.41 Å². The van der Waals surface area contributed by atoms with E-state index in [0.717, 1.165) is 11.8 Å². The maximum Gasteiger partial charge on any atom is 0.0369 e. The molecule has 2 atom stereocenters. The topological polar surface area (TPSA) is 3.24 Å². The largest absolute Gasteiger partial charge is 0.371 e. The first kappa shape index (κ1) is 14.4. The Balaban J connectivity index is 2.25. The highest BCUT2D eigenvalue weighted by Gasteiger charge is 2.23. The second-order valence-corrected chi connectivity index (χ2v) is 7.60. The van der Waals surface area contributed by atoms with Crippen LogP contribution >= 0.6 is 0 Å². The Labute approximate surface area is 119 Å². The smallest absolute Gasteiger partial charge is 0.0369 e. The summed E-state index contributed by atoms with van der Waals surface area (Å²) in [7, 11) is 0. The molecular formula is C18H29N. The van der Waals surface area contributed by atoms with Gasteiger partial charge in [-0.25, -0.2) is 0 Å². The molecule has 1 saturated heterocycles. The molecule has 0 aliphatic carbocycles. The lowest BCUT2D eigenvalue weighted by Gasteiger charge is -2.37. The van der Waals surface area contributed by atoms with Crippen LogP contribution in [-0.2, 0) is 5.41 Å². The fourth-order valence-electron chi connectivity index (χ4n) is 3.56. The van der Waals surface area contributed by atoms with Crippen molar-refractivity contribution in [2.45, 2.75) is 53.4 Å². The van der Waals surface area contributed by atoms with E-state index in [2.05, 4.69) is 64.6 Å². The van der Waals surface area contributed by atoms with Crippen molar-refractivity contribution in [2.75, 3.05) is 18.0 Å². The van der Waals surface area contributed by atoms with Crippen molar-refractivity contribution >= 4 is 5.69 Å². The summed E-state index contributed by atoms with van der Waals surface area (Å²) in [6, 6.07) is 7.03. The zero-order valence-corrected chi connectivity index (χ0v) is 13.5. The Morgan fingerprint density at radius 2 is 1.63 bits per heavy atom. The second-order valence-electron chi connectivity index (χ2n) is 7.60. The Morgan fingerprint density at radius 3 is 2.11 bits per heavy atom. The summed E-state index contributed by atoms with van der Waals surface area (Å²) in [4.78, 5) is 2.57. The van der Waals surface area contributed by atoms with Gasteiger partial charge in [0.05, 0.1) is 0 Å². The molecule has 0 spiro atoms. The third-order valence-electron chi connectivity index (χ3n) is 4.25. The standard InChI is InChI=1S/C18H29N/c1-13-9-14(2)12-19(11-13)16-7-8-17(15(3)10-16)18(4,5)6/h7-8,10,13-14H,9,11-12H2,1-6H3/t13-,14+. The van der Waals surface area contributed by atoms with Gasteiger partial charge in [-0.2, -0.15) is 0 Å². The number of aryl methyl sites for hydroxylation is 1. The third-order valence-corrected chi connectivity index (χ3v) is 4.25. The fraction of sp³-hybridized carbons (Fsp3) is 0.667. The van der Waals surface area contributed by atoms with E-state index in [9.17, 15) is 0 Å². The number of rotatable bonds is 1. The van der Waals surface area contributed by atoms with E-state index in [4.69, 9.17) is 0 Å². The van der Waals surface area contributed by atoms with Crippen LogP contribution in [0.15, 0.2) is 18.2 Å². The van der Waals surface area contributed by atoms with Crippen LogP contribution in [0, 0.1) is 18.8 Å². The van der Waals surface area contributed by atoms with Crippen molar-refractivity contribution in [3.05, 3.63) is 29.3 Å². The van der Waals surface area contributed by atoms with E-state index >= 15 is 0 Å². The zero-order valence-electron chi connectivity index (χ0n) is 13.5. The average Bonchev–Trinajstić information content (AvgIpc) is 2.25. The van der Waals surface area contributed by atoms with E-state index in [1.807, 2.05) is 0 Å². The van der Waals surface area contributed by atoms with E-state index in [0.29, 0.717) is 0 Å². The Hall–Kier alpha value is -0.980. The maximum absolute atomic E-state index is 2.57. The van der Waals surface area contributed by atoms with Crippen LogP contribution in [0.1, 0.15) is 52.2 Å². The minimum absolute atomic E-state index is 0.241. The molecule has 0 aromatic heterocycles. The van der Waals surface area contributed by atoms with Crippen LogP contribution in [0.5, 0.6) is 0 Å². The first-order valence-corrected chi connectivity index (χ1v) is 7.63. The molecule has 1 aliphatic rings. The van der Waals surface area contributed by atoms with Crippen LogP contribution in [0.3, 0.4) is 0 Å². The number of anilines is 1. The lowest BCUT2D eigenvalue weighted by Crippen LogP contribution is -2.38. The van der Waals surface area contributed by atoms with Crippen molar-refractivity contribution in [2.24, 2.45) is 11.8 Å². The van der Waals surface area contributed by atoms with Crippen LogP contribution < -0.4 is 4.90 Å². The van der Waals surface area contributed by atoms with Gasteiger partial charge in [-0.1, -0.05) is 40.7 Å². The average molecular weight is 259 g/mol. The molecule has 0 N–H and O–H groups in total. The van der Waals surface area contributed by atoms with Crippen molar-refractivity contribution in [1.29, 1.82) is 0 Å². The Morgan fingerprint density at radius 1 is 1.05 bits per heavy atom. The van der Waals surface area contributed by atoms with Gasteiger partial charge in [0, 0.05) is 18.8 Å². The third kappa shape index (κ3) is 3.32. The molecule has 1 aliphatic heterocycles. The predicted molar refractivity (Wildman–Crippen MR) is 85.0 cm³/mol. The number of piperidine rings is 1. The van der Waals surface area contributed by atoms with Gasteiger partial charge in [-0.05, 0) is 53.9 Å². The van der Waals surface area contributed by atoms with Crippen LogP contribution in [0.2, 0.25) is 0 Å². The molecule has 0 unspecified atom stereocenters. The highest BCUT2D eigenvalue weighted by Crippen LogP contribution is 2.31. The number of hydrogen-bond acceptors (Lipinski definition) is 1. The van der Waals surface area contributed by atoms with Crippen molar-refractivity contribution in [1.82, 2.24) is 0 Å².